The fourth-order valence-corrected chi connectivity index (χ4v) is 2.17. The Bertz CT molecular complexity index is 602. The zero-order valence-corrected chi connectivity index (χ0v) is 13.5. The van der Waals surface area contributed by atoms with Crippen molar-refractivity contribution in [1.29, 1.82) is 0 Å². The predicted molar refractivity (Wildman–Crippen MR) is 89.2 cm³/mol. The Morgan fingerprint density at radius 2 is 1.68 bits per heavy atom. The highest BCUT2D eigenvalue weighted by molar-refractivity contribution is 5.94. The summed E-state index contributed by atoms with van der Waals surface area (Å²) in [7, 11) is 1.82. The molecule has 0 heterocycles. The molecule has 22 heavy (non-hydrogen) atoms. The Labute approximate surface area is 132 Å². The van der Waals surface area contributed by atoms with Crippen LogP contribution in [0.15, 0.2) is 48.5 Å². The molecule has 1 amide bonds. The molecule has 2 rings (SSSR count). The van der Waals surface area contributed by atoms with Crippen LogP contribution in [-0.2, 0) is 6.54 Å². The Morgan fingerprint density at radius 1 is 1.05 bits per heavy atom. The molecule has 3 heteroatoms. The molecule has 116 valence electrons. The summed E-state index contributed by atoms with van der Waals surface area (Å²) in [4.78, 5) is 14.2. The van der Waals surface area contributed by atoms with Gasteiger partial charge in [-0.1, -0.05) is 36.8 Å². The fourth-order valence-electron chi connectivity index (χ4n) is 2.17. The maximum absolute atomic E-state index is 12.4. The maximum atomic E-state index is 12.4. The zero-order chi connectivity index (χ0) is 15.9. The summed E-state index contributed by atoms with van der Waals surface area (Å²) in [6.45, 7) is 5.42. The van der Waals surface area contributed by atoms with Crippen molar-refractivity contribution < 1.29 is 9.53 Å². The molecule has 2 aromatic rings. The number of hydrogen-bond acceptors (Lipinski definition) is 2. The van der Waals surface area contributed by atoms with Gasteiger partial charge in [0.1, 0.15) is 5.75 Å². The summed E-state index contributed by atoms with van der Waals surface area (Å²) in [6.07, 6.45) is 0.972. The summed E-state index contributed by atoms with van der Waals surface area (Å²) >= 11 is 0. The molecule has 0 aliphatic heterocycles. The molecular formula is C19H23NO2. The molecule has 0 aromatic heterocycles. The van der Waals surface area contributed by atoms with Gasteiger partial charge in [0.25, 0.3) is 5.91 Å². The second kappa shape index (κ2) is 7.64. The third-order valence-corrected chi connectivity index (χ3v) is 3.46. The fraction of sp³-hybridized carbons (Fsp3) is 0.316. The minimum atomic E-state index is 0.0163. The summed E-state index contributed by atoms with van der Waals surface area (Å²) in [5.74, 6) is 0.821. The van der Waals surface area contributed by atoms with Gasteiger partial charge in [-0.2, -0.15) is 0 Å². The van der Waals surface area contributed by atoms with Crippen molar-refractivity contribution in [2.45, 2.75) is 26.8 Å². The first-order valence-electron chi connectivity index (χ1n) is 7.64. The van der Waals surface area contributed by atoms with Crippen molar-refractivity contribution in [1.82, 2.24) is 4.90 Å². The number of benzene rings is 2. The predicted octanol–water partition coefficient (Wildman–Crippen LogP) is 4.06. The van der Waals surface area contributed by atoms with Crippen molar-refractivity contribution >= 4 is 5.91 Å². The van der Waals surface area contributed by atoms with Gasteiger partial charge in [-0.05, 0) is 43.2 Å². The minimum absolute atomic E-state index is 0.0163. The van der Waals surface area contributed by atoms with Crippen LogP contribution in [0.3, 0.4) is 0 Å². The Hall–Kier alpha value is -2.29. The van der Waals surface area contributed by atoms with Crippen LogP contribution in [0.2, 0.25) is 0 Å². The van der Waals surface area contributed by atoms with Gasteiger partial charge in [0, 0.05) is 19.2 Å². The molecule has 0 N–H and O–H groups in total. The molecule has 0 atom stereocenters. The second-order valence-electron chi connectivity index (χ2n) is 5.52. The van der Waals surface area contributed by atoms with Crippen LogP contribution >= 0.6 is 0 Å². The Kier molecular flexibility index (Phi) is 5.59. The van der Waals surface area contributed by atoms with Crippen LogP contribution in [0.1, 0.15) is 34.8 Å². The van der Waals surface area contributed by atoms with Crippen molar-refractivity contribution in [3.05, 3.63) is 65.2 Å². The van der Waals surface area contributed by atoms with Crippen molar-refractivity contribution in [3.63, 3.8) is 0 Å². The van der Waals surface area contributed by atoms with E-state index in [-0.39, 0.29) is 5.91 Å². The summed E-state index contributed by atoms with van der Waals surface area (Å²) in [5.41, 5.74) is 3.03. The highest BCUT2D eigenvalue weighted by atomic mass is 16.5. The smallest absolute Gasteiger partial charge is 0.253 e. The summed E-state index contributed by atoms with van der Waals surface area (Å²) in [5, 5.41) is 0. The van der Waals surface area contributed by atoms with E-state index in [4.69, 9.17) is 4.74 Å². The van der Waals surface area contributed by atoms with Crippen LogP contribution in [0.25, 0.3) is 0 Å². The number of nitrogens with zero attached hydrogens (tertiary/aromatic N) is 1. The molecule has 3 nitrogen and oxygen atoms in total. The summed E-state index contributed by atoms with van der Waals surface area (Å²) in [6, 6.07) is 15.6. The van der Waals surface area contributed by atoms with Gasteiger partial charge in [0.2, 0.25) is 0 Å². The van der Waals surface area contributed by atoms with Crippen LogP contribution in [0.4, 0.5) is 0 Å². The largest absolute Gasteiger partial charge is 0.494 e. The lowest BCUT2D eigenvalue weighted by Gasteiger charge is -2.17. The molecular weight excluding hydrogens is 274 g/mol. The third kappa shape index (κ3) is 4.35. The molecule has 0 fully saturated rings. The average molecular weight is 297 g/mol. The number of carbonyl (C=O) groups is 1. The lowest BCUT2D eigenvalue weighted by molar-refractivity contribution is 0.0785. The van der Waals surface area contributed by atoms with E-state index in [1.54, 1.807) is 4.90 Å². The first kappa shape index (κ1) is 16.1. The first-order valence-corrected chi connectivity index (χ1v) is 7.64. The number of carbonyl (C=O) groups excluding carboxylic acids is 1. The van der Waals surface area contributed by atoms with Gasteiger partial charge in [0.05, 0.1) is 6.61 Å². The number of ether oxygens (including phenoxy) is 1. The van der Waals surface area contributed by atoms with Gasteiger partial charge < -0.3 is 9.64 Å². The molecule has 0 unspecified atom stereocenters. The lowest BCUT2D eigenvalue weighted by atomic mass is 10.1. The number of hydrogen-bond donors (Lipinski definition) is 0. The standard InChI is InChI=1S/C19H23NO2/c1-4-13-22-18-11-9-17(10-12-18)19(21)20(3)14-16-7-5-15(2)6-8-16/h5-12H,4,13-14H2,1-3H3. The van der Waals surface area contributed by atoms with Crippen LogP contribution in [0, 0.1) is 6.92 Å². The molecule has 0 aliphatic carbocycles. The third-order valence-electron chi connectivity index (χ3n) is 3.46. The molecule has 0 saturated heterocycles. The van der Waals surface area contributed by atoms with E-state index in [0.29, 0.717) is 18.7 Å². The van der Waals surface area contributed by atoms with Crippen LogP contribution in [0.5, 0.6) is 5.75 Å². The van der Waals surface area contributed by atoms with Gasteiger partial charge in [0.15, 0.2) is 0 Å². The van der Waals surface area contributed by atoms with E-state index < -0.39 is 0 Å². The normalized spacial score (nSPS) is 10.3. The highest BCUT2D eigenvalue weighted by Gasteiger charge is 2.12. The van der Waals surface area contributed by atoms with E-state index >= 15 is 0 Å². The molecule has 0 spiro atoms. The second-order valence-corrected chi connectivity index (χ2v) is 5.52. The van der Waals surface area contributed by atoms with E-state index in [2.05, 4.69) is 38.1 Å². The van der Waals surface area contributed by atoms with E-state index in [9.17, 15) is 4.79 Å². The number of aryl methyl sites for hydroxylation is 1. The number of rotatable bonds is 6. The Balaban J connectivity index is 1.99. The van der Waals surface area contributed by atoms with Crippen molar-refractivity contribution in [2.24, 2.45) is 0 Å². The van der Waals surface area contributed by atoms with Crippen LogP contribution in [-0.4, -0.2) is 24.5 Å². The van der Waals surface area contributed by atoms with Crippen molar-refractivity contribution in [3.8, 4) is 5.75 Å². The monoisotopic (exact) mass is 297 g/mol. The van der Waals surface area contributed by atoms with E-state index in [0.717, 1.165) is 17.7 Å². The van der Waals surface area contributed by atoms with E-state index in [1.165, 1.54) is 5.56 Å². The van der Waals surface area contributed by atoms with Gasteiger partial charge >= 0.3 is 0 Å². The molecule has 0 radical (unpaired) electrons. The quantitative estimate of drug-likeness (QED) is 0.805. The molecule has 2 aromatic carbocycles. The maximum Gasteiger partial charge on any atom is 0.253 e. The first-order chi connectivity index (χ1) is 10.6. The SMILES string of the molecule is CCCOc1ccc(C(=O)N(C)Cc2ccc(C)cc2)cc1. The highest BCUT2D eigenvalue weighted by Crippen LogP contribution is 2.15. The summed E-state index contributed by atoms with van der Waals surface area (Å²) < 4.78 is 5.53. The minimum Gasteiger partial charge on any atom is -0.494 e. The molecule has 0 saturated carbocycles. The van der Waals surface area contributed by atoms with Gasteiger partial charge in [-0.15, -0.1) is 0 Å². The topological polar surface area (TPSA) is 29.5 Å². The molecule has 0 aliphatic rings. The average Bonchev–Trinajstić information content (AvgIpc) is 2.55. The van der Waals surface area contributed by atoms with Gasteiger partial charge in [-0.25, -0.2) is 0 Å². The van der Waals surface area contributed by atoms with Crippen LogP contribution < -0.4 is 4.74 Å². The zero-order valence-electron chi connectivity index (χ0n) is 13.5. The van der Waals surface area contributed by atoms with E-state index in [1.807, 2.05) is 31.3 Å². The lowest BCUT2D eigenvalue weighted by Crippen LogP contribution is -2.26. The Morgan fingerprint density at radius 3 is 2.27 bits per heavy atom. The molecule has 0 bridgehead atoms. The van der Waals surface area contributed by atoms with Crippen molar-refractivity contribution in [2.75, 3.05) is 13.7 Å². The van der Waals surface area contributed by atoms with Gasteiger partial charge in [-0.3, -0.25) is 4.79 Å². The number of amides is 1.